The van der Waals surface area contributed by atoms with Gasteiger partial charge in [-0.15, -0.1) is 0 Å². The van der Waals surface area contributed by atoms with Gasteiger partial charge in [0.15, 0.2) is 6.61 Å². The molecular weight excluding hydrogens is 278 g/mol. The maximum Gasteiger partial charge on any atom is 0.344 e. The van der Waals surface area contributed by atoms with Gasteiger partial charge in [0.2, 0.25) is 0 Å². The molecule has 1 aromatic heterocycles. The average molecular weight is 292 g/mol. The molecule has 104 valence electrons. The predicted octanol–water partition coefficient (Wildman–Crippen LogP) is 3.17. The minimum atomic E-state index is -0.430. The number of hydrogen-bond acceptors (Lipinski definition) is 4. The van der Waals surface area contributed by atoms with Crippen LogP contribution >= 0.6 is 11.6 Å². The first kappa shape index (κ1) is 14.3. The maximum atomic E-state index is 11.5. The second-order valence-electron chi connectivity index (χ2n) is 4.25. The van der Waals surface area contributed by atoms with Gasteiger partial charge in [0.05, 0.1) is 0 Å². The van der Waals surface area contributed by atoms with Crippen LogP contribution in [0.2, 0.25) is 5.15 Å². The number of ether oxygens (including phenoxy) is 2. The Bertz CT molecular complexity index is 515. The van der Waals surface area contributed by atoms with E-state index in [1.807, 2.05) is 31.2 Å². The number of carbonyl (C=O) groups excluding carboxylic acids is 1. The lowest BCUT2D eigenvalue weighted by molar-refractivity contribution is -0.147. The summed E-state index contributed by atoms with van der Waals surface area (Å²) in [7, 11) is 0. The molecule has 0 atom stereocenters. The Hall–Kier alpha value is -2.07. The lowest BCUT2D eigenvalue weighted by Gasteiger charge is -2.07. The van der Waals surface area contributed by atoms with Crippen LogP contribution in [-0.4, -0.2) is 17.6 Å². The number of nitrogens with zero attached hydrogens (tertiary/aromatic N) is 1. The molecule has 0 N–H and O–H groups in total. The molecule has 5 heteroatoms. The number of benzene rings is 1. The van der Waals surface area contributed by atoms with Crippen LogP contribution < -0.4 is 4.74 Å². The summed E-state index contributed by atoms with van der Waals surface area (Å²) >= 11 is 5.66. The molecule has 0 aliphatic rings. The van der Waals surface area contributed by atoms with Gasteiger partial charge in [-0.25, -0.2) is 9.78 Å². The molecule has 0 aliphatic heterocycles. The van der Waals surface area contributed by atoms with Crippen molar-refractivity contribution in [2.75, 3.05) is 6.61 Å². The summed E-state index contributed by atoms with van der Waals surface area (Å²) in [6, 6.07) is 10.9. The van der Waals surface area contributed by atoms with E-state index in [1.54, 1.807) is 18.3 Å². The van der Waals surface area contributed by atoms with Crippen molar-refractivity contribution >= 4 is 17.6 Å². The first-order valence-electron chi connectivity index (χ1n) is 6.09. The topological polar surface area (TPSA) is 48.4 Å². The molecular formula is C15H14ClNO3. The van der Waals surface area contributed by atoms with E-state index in [1.165, 1.54) is 0 Å². The molecule has 20 heavy (non-hydrogen) atoms. The van der Waals surface area contributed by atoms with E-state index in [2.05, 4.69) is 4.98 Å². The smallest absolute Gasteiger partial charge is 0.344 e. The van der Waals surface area contributed by atoms with Gasteiger partial charge in [-0.2, -0.15) is 0 Å². The van der Waals surface area contributed by atoms with Crippen LogP contribution in [0.1, 0.15) is 11.1 Å². The fourth-order valence-corrected chi connectivity index (χ4v) is 1.59. The highest BCUT2D eigenvalue weighted by Gasteiger charge is 2.05. The van der Waals surface area contributed by atoms with Crippen molar-refractivity contribution < 1.29 is 14.3 Å². The Balaban J connectivity index is 1.75. The highest BCUT2D eigenvalue weighted by atomic mass is 35.5. The van der Waals surface area contributed by atoms with Crippen molar-refractivity contribution in [3.05, 3.63) is 58.9 Å². The summed E-state index contributed by atoms with van der Waals surface area (Å²) in [5, 5.41) is 0.405. The second kappa shape index (κ2) is 6.91. The molecule has 1 heterocycles. The van der Waals surface area contributed by atoms with Crippen molar-refractivity contribution in [3.63, 3.8) is 0 Å². The van der Waals surface area contributed by atoms with E-state index in [9.17, 15) is 4.79 Å². The largest absolute Gasteiger partial charge is 0.482 e. The molecule has 0 saturated heterocycles. The van der Waals surface area contributed by atoms with Gasteiger partial charge < -0.3 is 9.47 Å². The number of hydrogen-bond donors (Lipinski definition) is 0. The molecule has 0 aliphatic carbocycles. The molecule has 0 saturated carbocycles. The molecule has 4 nitrogen and oxygen atoms in total. The fraction of sp³-hybridized carbons (Fsp3) is 0.200. The molecule has 0 radical (unpaired) electrons. The molecule has 0 spiro atoms. The summed E-state index contributed by atoms with van der Waals surface area (Å²) in [5.41, 5.74) is 1.91. The van der Waals surface area contributed by atoms with Crippen molar-refractivity contribution in [1.29, 1.82) is 0 Å². The Morgan fingerprint density at radius 1 is 1.20 bits per heavy atom. The van der Waals surface area contributed by atoms with Crippen LogP contribution in [-0.2, 0) is 16.1 Å². The van der Waals surface area contributed by atoms with E-state index in [4.69, 9.17) is 21.1 Å². The average Bonchev–Trinajstić information content (AvgIpc) is 2.46. The van der Waals surface area contributed by atoms with Crippen molar-refractivity contribution in [2.24, 2.45) is 0 Å². The van der Waals surface area contributed by atoms with E-state index >= 15 is 0 Å². The molecule has 0 amide bonds. The quantitative estimate of drug-likeness (QED) is 0.627. The maximum absolute atomic E-state index is 11.5. The van der Waals surface area contributed by atoms with Crippen molar-refractivity contribution in [1.82, 2.24) is 4.98 Å². The van der Waals surface area contributed by atoms with Gasteiger partial charge in [0.25, 0.3) is 0 Å². The Labute approximate surface area is 122 Å². The summed E-state index contributed by atoms with van der Waals surface area (Å²) in [5.74, 6) is 0.209. The predicted molar refractivity (Wildman–Crippen MR) is 75.7 cm³/mol. The number of halogens is 1. The third kappa shape index (κ3) is 4.55. The van der Waals surface area contributed by atoms with Crippen molar-refractivity contribution in [3.8, 4) is 5.75 Å². The minimum absolute atomic E-state index is 0.121. The zero-order chi connectivity index (χ0) is 14.4. The van der Waals surface area contributed by atoms with Gasteiger partial charge in [0.1, 0.15) is 17.5 Å². The highest BCUT2D eigenvalue weighted by Crippen LogP contribution is 2.11. The van der Waals surface area contributed by atoms with Gasteiger partial charge in [0, 0.05) is 11.8 Å². The van der Waals surface area contributed by atoms with Gasteiger partial charge in [-0.3, -0.25) is 0 Å². The molecule has 2 rings (SSSR count). The summed E-state index contributed by atoms with van der Waals surface area (Å²) in [4.78, 5) is 15.4. The Kier molecular flexibility index (Phi) is 4.96. The van der Waals surface area contributed by atoms with E-state index in [-0.39, 0.29) is 13.2 Å². The van der Waals surface area contributed by atoms with Crippen LogP contribution in [0.25, 0.3) is 0 Å². The monoisotopic (exact) mass is 291 g/mol. The van der Waals surface area contributed by atoms with E-state index in [0.29, 0.717) is 10.9 Å². The molecule has 1 aromatic carbocycles. The third-order valence-electron chi connectivity index (χ3n) is 2.57. The lowest BCUT2D eigenvalue weighted by Crippen LogP contribution is -2.14. The lowest BCUT2D eigenvalue weighted by atomic mass is 10.2. The van der Waals surface area contributed by atoms with Crippen molar-refractivity contribution in [2.45, 2.75) is 13.5 Å². The SMILES string of the molecule is Cc1ccc(OCC(=O)OCc2ccc(Cl)nc2)cc1. The van der Waals surface area contributed by atoms with Gasteiger partial charge >= 0.3 is 5.97 Å². The zero-order valence-electron chi connectivity index (χ0n) is 11.0. The van der Waals surface area contributed by atoms with Gasteiger partial charge in [-0.1, -0.05) is 35.4 Å². The zero-order valence-corrected chi connectivity index (χ0v) is 11.8. The minimum Gasteiger partial charge on any atom is -0.482 e. The Morgan fingerprint density at radius 3 is 2.60 bits per heavy atom. The van der Waals surface area contributed by atoms with Crippen LogP contribution in [0.4, 0.5) is 0 Å². The van der Waals surface area contributed by atoms with Crippen LogP contribution in [0, 0.1) is 6.92 Å². The number of carbonyl (C=O) groups is 1. The molecule has 2 aromatic rings. The second-order valence-corrected chi connectivity index (χ2v) is 4.64. The fourth-order valence-electron chi connectivity index (χ4n) is 1.47. The first-order valence-corrected chi connectivity index (χ1v) is 6.47. The summed E-state index contributed by atoms with van der Waals surface area (Å²) in [6.07, 6.45) is 1.57. The number of aromatic nitrogens is 1. The van der Waals surface area contributed by atoms with E-state index in [0.717, 1.165) is 11.1 Å². The highest BCUT2D eigenvalue weighted by molar-refractivity contribution is 6.29. The molecule has 0 unspecified atom stereocenters. The molecule has 0 bridgehead atoms. The van der Waals surface area contributed by atoms with Crippen LogP contribution in [0.5, 0.6) is 5.75 Å². The number of pyridine rings is 1. The molecule has 0 fully saturated rings. The first-order chi connectivity index (χ1) is 9.63. The number of aryl methyl sites for hydroxylation is 1. The summed E-state index contributed by atoms with van der Waals surface area (Å²) in [6.45, 7) is 2.02. The third-order valence-corrected chi connectivity index (χ3v) is 2.79. The van der Waals surface area contributed by atoms with Crippen LogP contribution in [0.15, 0.2) is 42.6 Å². The standard InChI is InChI=1S/C15H14ClNO3/c1-11-2-5-13(6-3-11)19-10-15(18)20-9-12-4-7-14(16)17-8-12/h2-8H,9-10H2,1H3. The summed E-state index contributed by atoms with van der Waals surface area (Å²) < 4.78 is 10.4. The number of esters is 1. The van der Waals surface area contributed by atoms with E-state index < -0.39 is 5.97 Å². The number of rotatable bonds is 5. The normalized spacial score (nSPS) is 10.1. The van der Waals surface area contributed by atoms with Crippen LogP contribution in [0.3, 0.4) is 0 Å². The Morgan fingerprint density at radius 2 is 1.95 bits per heavy atom. The van der Waals surface area contributed by atoms with Gasteiger partial charge in [-0.05, 0) is 25.1 Å².